The van der Waals surface area contributed by atoms with E-state index < -0.39 is 5.82 Å². The van der Waals surface area contributed by atoms with Crippen LogP contribution in [0, 0.1) is 23.0 Å². The summed E-state index contributed by atoms with van der Waals surface area (Å²) in [5.41, 5.74) is 1.24. The zero-order chi connectivity index (χ0) is 15.0. The van der Waals surface area contributed by atoms with E-state index in [0.717, 1.165) is 0 Å². The van der Waals surface area contributed by atoms with Crippen LogP contribution in [0.2, 0.25) is 5.15 Å². The molecule has 0 aliphatic rings. The molecule has 0 saturated carbocycles. The summed E-state index contributed by atoms with van der Waals surface area (Å²) in [6.45, 7) is 0.176. The number of aromatic nitrogens is 1. The summed E-state index contributed by atoms with van der Waals surface area (Å²) in [4.78, 5) is 0. The molecule has 0 unspecified atom stereocenters. The topological polar surface area (TPSA) is 28.7 Å². The molecule has 0 atom stereocenters. The third-order valence-electron chi connectivity index (χ3n) is 3.36. The molecular formula is C16H9ClF2N2. The predicted octanol–water partition coefficient (Wildman–Crippen LogP) is 4.49. The lowest BCUT2D eigenvalue weighted by Crippen LogP contribution is -2.02. The number of fused-ring (bicyclic) bond motifs is 1. The van der Waals surface area contributed by atoms with Gasteiger partial charge in [0.15, 0.2) is 0 Å². The smallest absolute Gasteiger partial charge is 0.128 e. The van der Waals surface area contributed by atoms with Crippen LogP contribution in [-0.2, 0) is 6.54 Å². The minimum absolute atomic E-state index is 0.176. The van der Waals surface area contributed by atoms with Gasteiger partial charge >= 0.3 is 0 Å². The first-order chi connectivity index (χ1) is 10.1. The van der Waals surface area contributed by atoms with Gasteiger partial charge in [0, 0.05) is 10.9 Å². The average Bonchev–Trinajstić information content (AvgIpc) is 2.73. The van der Waals surface area contributed by atoms with Gasteiger partial charge in [-0.25, -0.2) is 8.78 Å². The molecule has 0 radical (unpaired) electrons. The van der Waals surface area contributed by atoms with Crippen molar-refractivity contribution >= 4 is 22.5 Å². The second kappa shape index (κ2) is 5.19. The minimum atomic E-state index is -0.446. The molecule has 3 rings (SSSR count). The van der Waals surface area contributed by atoms with Crippen molar-refractivity contribution in [2.45, 2.75) is 6.54 Å². The summed E-state index contributed by atoms with van der Waals surface area (Å²) >= 11 is 6.20. The van der Waals surface area contributed by atoms with E-state index in [1.807, 2.05) is 6.07 Å². The van der Waals surface area contributed by atoms with E-state index in [2.05, 4.69) is 0 Å². The lowest BCUT2D eigenvalue weighted by molar-refractivity contribution is 0.602. The van der Waals surface area contributed by atoms with Crippen LogP contribution >= 0.6 is 11.6 Å². The lowest BCUT2D eigenvalue weighted by Gasteiger charge is -2.08. The second-order valence-corrected chi connectivity index (χ2v) is 4.97. The summed E-state index contributed by atoms with van der Waals surface area (Å²) in [6, 6.07) is 12.4. The van der Waals surface area contributed by atoms with E-state index in [1.54, 1.807) is 22.8 Å². The fraction of sp³-hybridized carbons (Fsp3) is 0.0625. The first-order valence-corrected chi connectivity index (χ1v) is 6.60. The summed E-state index contributed by atoms with van der Waals surface area (Å²) in [5, 5.41) is 9.81. The van der Waals surface area contributed by atoms with Crippen molar-refractivity contribution < 1.29 is 8.78 Å². The van der Waals surface area contributed by atoms with E-state index in [4.69, 9.17) is 11.6 Å². The zero-order valence-electron chi connectivity index (χ0n) is 10.8. The van der Waals surface area contributed by atoms with Crippen LogP contribution in [0.15, 0.2) is 42.5 Å². The Morgan fingerprint density at radius 3 is 2.62 bits per heavy atom. The van der Waals surface area contributed by atoms with Crippen LogP contribution in [0.4, 0.5) is 8.78 Å². The number of benzene rings is 2. The Labute approximate surface area is 124 Å². The molecule has 0 N–H and O–H groups in total. The van der Waals surface area contributed by atoms with Crippen molar-refractivity contribution in [3.8, 4) is 6.07 Å². The lowest BCUT2D eigenvalue weighted by atomic mass is 10.2. The van der Waals surface area contributed by atoms with E-state index in [9.17, 15) is 14.0 Å². The van der Waals surface area contributed by atoms with Crippen molar-refractivity contribution in [1.29, 1.82) is 5.26 Å². The Bertz CT molecular complexity index is 878. The molecular weight excluding hydrogens is 294 g/mol. The molecule has 0 spiro atoms. The first-order valence-electron chi connectivity index (χ1n) is 6.22. The van der Waals surface area contributed by atoms with Gasteiger partial charge in [0.1, 0.15) is 22.9 Å². The Balaban J connectivity index is 2.22. The molecule has 5 heteroatoms. The van der Waals surface area contributed by atoms with Crippen LogP contribution in [0.3, 0.4) is 0 Å². The van der Waals surface area contributed by atoms with Gasteiger partial charge in [-0.1, -0.05) is 29.8 Å². The van der Waals surface area contributed by atoms with Crippen LogP contribution in [0.1, 0.15) is 11.1 Å². The first kappa shape index (κ1) is 13.6. The zero-order valence-corrected chi connectivity index (χ0v) is 11.5. The Morgan fingerprint density at radius 2 is 1.90 bits per heavy atom. The highest BCUT2D eigenvalue weighted by Gasteiger charge is 2.17. The molecule has 0 saturated heterocycles. The molecule has 2 nitrogen and oxygen atoms in total. The van der Waals surface area contributed by atoms with Gasteiger partial charge in [-0.2, -0.15) is 5.26 Å². The summed E-state index contributed by atoms with van der Waals surface area (Å²) < 4.78 is 28.7. The quantitative estimate of drug-likeness (QED) is 0.685. The maximum absolute atomic E-state index is 13.8. The fourth-order valence-corrected chi connectivity index (χ4v) is 2.65. The predicted molar refractivity (Wildman–Crippen MR) is 77.1 cm³/mol. The Morgan fingerprint density at radius 1 is 1.14 bits per heavy atom. The standard InChI is InChI=1S/C16H9ClF2N2/c17-16-13(8-20)12-7-11(18)5-6-15(12)21(16)9-10-3-1-2-4-14(10)19/h1-7H,9H2. The number of hydrogen-bond acceptors (Lipinski definition) is 1. The molecule has 0 amide bonds. The highest BCUT2D eigenvalue weighted by atomic mass is 35.5. The van der Waals surface area contributed by atoms with E-state index >= 15 is 0 Å². The number of halogens is 3. The molecule has 0 aliphatic heterocycles. The molecule has 21 heavy (non-hydrogen) atoms. The third-order valence-corrected chi connectivity index (χ3v) is 3.75. The Kier molecular flexibility index (Phi) is 3.36. The second-order valence-electron chi connectivity index (χ2n) is 4.62. The normalized spacial score (nSPS) is 10.8. The van der Waals surface area contributed by atoms with Gasteiger partial charge in [-0.05, 0) is 24.3 Å². The monoisotopic (exact) mass is 302 g/mol. The maximum atomic E-state index is 13.8. The molecule has 0 bridgehead atoms. The summed E-state index contributed by atoms with van der Waals surface area (Å²) in [7, 11) is 0. The van der Waals surface area contributed by atoms with Gasteiger partial charge in [0.25, 0.3) is 0 Å². The summed E-state index contributed by atoms with van der Waals surface area (Å²) in [5.74, 6) is -0.797. The van der Waals surface area contributed by atoms with Crippen molar-refractivity contribution in [2.24, 2.45) is 0 Å². The van der Waals surface area contributed by atoms with Crippen molar-refractivity contribution in [1.82, 2.24) is 4.57 Å². The van der Waals surface area contributed by atoms with Gasteiger partial charge < -0.3 is 4.57 Å². The van der Waals surface area contributed by atoms with E-state index in [-0.39, 0.29) is 23.1 Å². The van der Waals surface area contributed by atoms with Crippen molar-refractivity contribution in [3.63, 3.8) is 0 Å². The maximum Gasteiger partial charge on any atom is 0.128 e. The highest BCUT2D eigenvalue weighted by molar-refractivity contribution is 6.32. The Hall–Kier alpha value is -2.38. The number of nitriles is 1. The minimum Gasteiger partial charge on any atom is -0.326 e. The molecule has 1 heterocycles. The summed E-state index contributed by atoms with van der Waals surface area (Å²) in [6.07, 6.45) is 0. The van der Waals surface area contributed by atoms with Crippen molar-refractivity contribution in [2.75, 3.05) is 0 Å². The van der Waals surface area contributed by atoms with Crippen LogP contribution in [-0.4, -0.2) is 4.57 Å². The van der Waals surface area contributed by atoms with Gasteiger partial charge in [0.2, 0.25) is 0 Å². The molecule has 1 aromatic heterocycles. The highest BCUT2D eigenvalue weighted by Crippen LogP contribution is 2.31. The third kappa shape index (κ3) is 2.26. The van der Waals surface area contributed by atoms with Gasteiger partial charge in [-0.15, -0.1) is 0 Å². The molecule has 0 aliphatic carbocycles. The number of hydrogen-bond donors (Lipinski definition) is 0. The largest absolute Gasteiger partial charge is 0.326 e. The van der Waals surface area contributed by atoms with Gasteiger partial charge in [-0.3, -0.25) is 0 Å². The van der Waals surface area contributed by atoms with Crippen molar-refractivity contribution in [3.05, 3.63) is 70.4 Å². The van der Waals surface area contributed by atoms with E-state index in [1.165, 1.54) is 24.3 Å². The SMILES string of the molecule is N#Cc1c(Cl)n(Cc2ccccc2F)c2ccc(F)cc12. The van der Waals surface area contributed by atoms with Gasteiger partial charge in [0.05, 0.1) is 17.6 Å². The number of nitrogens with zero attached hydrogens (tertiary/aromatic N) is 2. The molecule has 104 valence electrons. The molecule has 0 fully saturated rings. The van der Waals surface area contributed by atoms with E-state index in [0.29, 0.717) is 16.5 Å². The number of rotatable bonds is 2. The fourth-order valence-electron chi connectivity index (χ4n) is 2.35. The molecule has 3 aromatic rings. The van der Waals surface area contributed by atoms with Crippen LogP contribution in [0.5, 0.6) is 0 Å². The van der Waals surface area contributed by atoms with Crippen LogP contribution < -0.4 is 0 Å². The van der Waals surface area contributed by atoms with Crippen LogP contribution in [0.25, 0.3) is 10.9 Å². The average molecular weight is 303 g/mol. The molecule has 2 aromatic carbocycles.